The van der Waals surface area contributed by atoms with Crippen LogP contribution in [0.4, 0.5) is 18.9 Å². The number of benzene rings is 2. The zero-order valence-corrected chi connectivity index (χ0v) is 15.4. The average molecular weight is 389 g/mol. The second-order valence-corrected chi connectivity index (χ2v) is 7.52. The second-order valence-electron chi connectivity index (χ2n) is 7.52. The van der Waals surface area contributed by atoms with Gasteiger partial charge in [0.05, 0.1) is 0 Å². The van der Waals surface area contributed by atoms with Crippen molar-refractivity contribution in [3.8, 4) is 0 Å². The Balaban J connectivity index is 1.46. The summed E-state index contributed by atoms with van der Waals surface area (Å²) in [6.45, 7) is 1.40. The van der Waals surface area contributed by atoms with Crippen LogP contribution in [0, 0.1) is 17.5 Å². The highest BCUT2D eigenvalue weighted by Gasteiger charge is 2.31. The van der Waals surface area contributed by atoms with E-state index in [-0.39, 0.29) is 24.1 Å². The SMILES string of the molecule is N[C@@H](CC(=O)N1CCNc2cc(F)ccc2C1)[C@H]1CCc2cc(F)c(F)cc21. The Kier molecular flexibility index (Phi) is 5.02. The van der Waals surface area contributed by atoms with Crippen LogP contribution in [0.2, 0.25) is 0 Å². The van der Waals surface area contributed by atoms with E-state index in [2.05, 4.69) is 5.32 Å². The molecule has 1 amide bonds. The highest BCUT2D eigenvalue weighted by atomic mass is 19.2. The molecule has 2 aliphatic rings. The largest absolute Gasteiger partial charge is 0.383 e. The highest BCUT2D eigenvalue weighted by molar-refractivity contribution is 5.77. The first-order valence-corrected chi connectivity index (χ1v) is 9.46. The van der Waals surface area contributed by atoms with E-state index in [0.717, 1.165) is 11.1 Å². The molecular weight excluding hydrogens is 367 g/mol. The second kappa shape index (κ2) is 7.47. The number of anilines is 1. The third-order valence-corrected chi connectivity index (χ3v) is 5.72. The molecule has 2 aromatic rings. The lowest BCUT2D eigenvalue weighted by Gasteiger charge is -2.25. The molecule has 1 heterocycles. The number of rotatable bonds is 3. The monoisotopic (exact) mass is 389 g/mol. The summed E-state index contributed by atoms with van der Waals surface area (Å²) in [5, 5.41) is 3.14. The number of nitrogens with one attached hydrogen (secondary N) is 1. The number of nitrogens with zero attached hydrogens (tertiary/aromatic N) is 1. The Bertz CT molecular complexity index is 918. The number of hydrogen-bond acceptors (Lipinski definition) is 3. The summed E-state index contributed by atoms with van der Waals surface area (Å²) < 4.78 is 40.5. The first-order chi connectivity index (χ1) is 13.4. The van der Waals surface area contributed by atoms with Crippen LogP contribution in [0.25, 0.3) is 0 Å². The maximum absolute atomic E-state index is 13.7. The van der Waals surface area contributed by atoms with Gasteiger partial charge in [0, 0.05) is 43.7 Å². The topological polar surface area (TPSA) is 58.4 Å². The Morgan fingerprint density at radius 1 is 1.18 bits per heavy atom. The van der Waals surface area contributed by atoms with Crippen molar-refractivity contribution >= 4 is 11.6 Å². The van der Waals surface area contributed by atoms with Gasteiger partial charge in [0.1, 0.15) is 5.82 Å². The maximum Gasteiger partial charge on any atom is 0.224 e. The van der Waals surface area contributed by atoms with Gasteiger partial charge in [-0.3, -0.25) is 4.79 Å². The fraction of sp³-hybridized carbons (Fsp3) is 0.381. The molecule has 1 aliphatic heterocycles. The van der Waals surface area contributed by atoms with Crippen molar-refractivity contribution in [3.63, 3.8) is 0 Å². The Morgan fingerprint density at radius 2 is 1.96 bits per heavy atom. The lowest BCUT2D eigenvalue weighted by molar-refractivity contribution is -0.132. The van der Waals surface area contributed by atoms with Crippen molar-refractivity contribution in [2.24, 2.45) is 5.73 Å². The van der Waals surface area contributed by atoms with Crippen LogP contribution in [0.1, 0.15) is 35.4 Å². The van der Waals surface area contributed by atoms with Crippen molar-refractivity contribution in [1.29, 1.82) is 0 Å². The fourth-order valence-electron chi connectivity index (χ4n) is 4.22. The standard InChI is InChI=1S/C21H22F3N3O/c22-14-3-1-13-11-27(6-5-26-20(13)8-14)21(28)10-19(25)15-4-2-12-7-17(23)18(24)9-16(12)15/h1,3,7-9,15,19,26H,2,4-6,10-11,25H2/t15-,19-/m0/s1. The van der Waals surface area contributed by atoms with E-state index >= 15 is 0 Å². The van der Waals surface area contributed by atoms with Crippen LogP contribution in [0.15, 0.2) is 30.3 Å². The fourth-order valence-corrected chi connectivity index (χ4v) is 4.22. The Hall–Kier alpha value is -2.54. The number of halogens is 3. The van der Waals surface area contributed by atoms with Gasteiger partial charge in [0.2, 0.25) is 5.91 Å². The van der Waals surface area contributed by atoms with Crippen LogP contribution in [0.3, 0.4) is 0 Å². The van der Waals surface area contributed by atoms with E-state index in [9.17, 15) is 18.0 Å². The van der Waals surface area contributed by atoms with E-state index in [4.69, 9.17) is 5.73 Å². The van der Waals surface area contributed by atoms with E-state index in [1.807, 2.05) is 0 Å². The van der Waals surface area contributed by atoms with Crippen LogP contribution in [-0.2, 0) is 17.8 Å². The van der Waals surface area contributed by atoms with E-state index < -0.39 is 17.7 Å². The van der Waals surface area contributed by atoms with Crippen LogP contribution < -0.4 is 11.1 Å². The van der Waals surface area contributed by atoms with Gasteiger partial charge >= 0.3 is 0 Å². The summed E-state index contributed by atoms with van der Waals surface area (Å²) >= 11 is 0. The molecule has 1 aliphatic carbocycles. The summed E-state index contributed by atoms with van der Waals surface area (Å²) in [7, 11) is 0. The minimum absolute atomic E-state index is 0.0949. The van der Waals surface area contributed by atoms with Crippen LogP contribution in [0.5, 0.6) is 0 Å². The summed E-state index contributed by atoms with van der Waals surface area (Å²) in [5.41, 5.74) is 9.33. The number of aryl methyl sites for hydroxylation is 1. The molecular formula is C21H22F3N3O. The molecule has 0 radical (unpaired) electrons. The number of carbonyl (C=O) groups is 1. The molecule has 0 saturated heterocycles. The molecule has 0 bridgehead atoms. The van der Waals surface area contributed by atoms with Gasteiger partial charge in [0.15, 0.2) is 11.6 Å². The molecule has 148 valence electrons. The third-order valence-electron chi connectivity index (χ3n) is 5.72. The number of carbonyl (C=O) groups excluding carboxylic acids is 1. The molecule has 7 heteroatoms. The van der Waals surface area contributed by atoms with Gasteiger partial charge in [-0.25, -0.2) is 13.2 Å². The minimum atomic E-state index is -0.883. The van der Waals surface area contributed by atoms with Crippen LogP contribution in [-0.4, -0.2) is 29.9 Å². The third kappa shape index (κ3) is 3.58. The van der Waals surface area contributed by atoms with Crippen molar-refractivity contribution in [2.75, 3.05) is 18.4 Å². The van der Waals surface area contributed by atoms with E-state index in [1.54, 1.807) is 11.0 Å². The summed E-state index contributed by atoms with van der Waals surface area (Å²) in [4.78, 5) is 14.5. The molecule has 4 rings (SSSR count). The zero-order valence-electron chi connectivity index (χ0n) is 15.4. The number of fused-ring (bicyclic) bond motifs is 2. The predicted octanol–water partition coefficient (Wildman–Crippen LogP) is 3.31. The first-order valence-electron chi connectivity index (χ1n) is 9.46. The van der Waals surface area contributed by atoms with Gasteiger partial charge < -0.3 is 16.0 Å². The van der Waals surface area contributed by atoms with Gasteiger partial charge in [-0.15, -0.1) is 0 Å². The molecule has 2 atom stereocenters. The highest BCUT2D eigenvalue weighted by Crippen LogP contribution is 2.37. The Labute approximate surface area is 161 Å². The molecule has 0 saturated carbocycles. The molecule has 4 nitrogen and oxygen atoms in total. The van der Waals surface area contributed by atoms with Crippen LogP contribution >= 0.6 is 0 Å². The predicted molar refractivity (Wildman–Crippen MR) is 100 cm³/mol. The van der Waals surface area contributed by atoms with Gasteiger partial charge in [-0.2, -0.15) is 0 Å². The molecule has 0 unspecified atom stereocenters. The zero-order chi connectivity index (χ0) is 19.8. The molecule has 2 aromatic carbocycles. The van der Waals surface area contributed by atoms with Gasteiger partial charge in [-0.05, 0) is 53.8 Å². The maximum atomic E-state index is 13.7. The van der Waals surface area contributed by atoms with Crippen molar-refractivity contribution in [1.82, 2.24) is 4.90 Å². The lowest BCUT2D eigenvalue weighted by Crippen LogP contribution is -2.38. The van der Waals surface area contributed by atoms with E-state index in [0.29, 0.717) is 43.7 Å². The quantitative estimate of drug-likeness (QED) is 0.847. The smallest absolute Gasteiger partial charge is 0.224 e. The minimum Gasteiger partial charge on any atom is -0.383 e. The normalized spacial score (nSPS) is 19.4. The van der Waals surface area contributed by atoms with Gasteiger partial charge in [0.25, 0.3) is 0 Å². The van der Waals surface area contributed by atoms with Crippen molar-refractivity contribution in [3.05, 3.63) is 64.5 Å². The summed E-state index contributed by atoms with van der Waals surface area (Å²) in [6.07, 6.45) is 1.43. The first kappa shape index (κ1) is 18.8. The molecule has 0 aromatic heterocycles. The molecule has 3 N–H and O–H groups in total. The summed E-state index contributed by atoms with van der Waals surface area (Å²) in [5.74, 6) is -2.32. The molecule has 0 spiro atoms. The average Bonchev–Trinajstić information content (AvgIpc) is 2.93. The van der Waals surface area contributed by atoms with E-state index in [1.165, 1.54) is 24.3 Å². The number of nitrogens with two attached hydrogens (primary N) is 1. The van der Waals surface area contributed by atoms with Crippen molar-refractivity contribution < 1.29 is 18.0 Å². The van der Waals surface area contributed by atoms with Gasteiger partial charge in [-0.1, -0.05) is 6.07 Å². The molecule has 0 fully saturated rings. The Morgan fingerprint density at radius 3 is 2.79 bits per heavy atom. The number of hydrogen-bond donors (Lipinski definition) is 2. The van der Waals surface area contributed by atoms with Crippen molar-refractivity contribution in [2.45, 2.75) is 37.8 Å². The molecule has 28 heavy (non-hydrogen) atoms. The number of amides is 1. The lowest BCUT2D eigenvalue weighted by atomic mass is 9.91. The summed E-state index contributed by atoms with van der Waals surface area (Å²) in [6, 6.07) is 6.46.